The Labute approximate surface area is 109 Å². The third-order valence-electron chi connectivity index (χ3n) is 2.55. The van der Waals surface area contributed by atoms with Gasteiger partial charge >= 0.3 is 0 Å². The van der Waals surface area contributed by atoms with Crippen molar-refractivity contribution >= 4 is 17.6 Å². The molecule has 3 N–H and O–H groups in total. The van der Waals surface area contributed by atoms with Crippen molar-refractivity contribution in [2.24, 2.45) is 0 Å². The normalized spacial score (nSPS) is 10.3. The Balaban J connectivity index is 1.90. The molecule has 3 aromatic rings. The van der Waals surface area contributed by atoms with Gasteiger partial charge in [-0.05, 0) is 24.3 Å². The first-order valence-electron chi connectivity index (χ1n) is 5.78. The van der Waals surface area contributed by atoms with E-state index in [1.54, 1.807) is 12.4 Å². The van der Waals surface area contributed by atoms with Gasteiger partial charge in [-0.25, -0.2) is 0 Å². The van der Waals surface area contributed by atoms with E-state index in [0.717, 1.165) is 11.4 Å². The van der Waals surface area contributed by atoms with Crippen LogP contribution >= 0.6 is 0 Å². The van der Waals surface area contributed by atoms with Crippen LogP contribution in [0.4, 0.5) is 17.6 Å². The maximum absolute atomic E-state index is 5.85. The second kappa shape index (κ2) is 4.77. The molecule has 0 radical (unpaired) electrons. The molecule has 19 heavy (non-hydrogen) atoms. The maximum atomic E-state index is 5.85. The number of nitrogen functional groups attached to an aromatic ring is 1. The van der Waals surface area contributed by atoms with Crippen LogP contribution < -0.4 is 11.1 Å². The van der Waals surface area contributed by atoms with Crippen LogP contribution in [0.3, 0.4) is 0 Å². The van der Waals surface area contributed by atoms with E-state index in [1.165, 1.54) is 4.68 Å². The lowest BCUT2D eigenvalue weighted by molar-refractivity contribution is 0.887. The first kappa shape index (κ1) is 11.2. The second-order valence-corrected chi connectivity index (χ2v) is 3.91. The maximum Gasteiger partial charge on any atom is 0.248 e. The molecule has 0 saturated carbocycles. The van der Waals surface area contributed by atoms with Crippen LogP contribution in [0.2, 0.25) is 0 Å². The highest BCUT2D eigenvalue weighted by atomic mass is 15.4. The van der Waals surface area contributed by atoms with E-state index >= 15 is 0 Å². The van der Waals surface area contributed by atoms with E-state index in [1.807, 2.05) is 42.5 Å². The van der Waals surface area contributed by atoms with Gasteiger partial charge in [-0.3, -0.25) is 4.98 Å². The molecule has 0 aliphatic heterocycles. The third kappa shape index (κ3) is 2.37. The zero-order valence-electron chi connectivity index (χ0n) is 10.1. The Morgan fingerprint density at radius 3 is 2.63 bits per heavy atom. The SMILES string of the molecule is Nc1nc(Nc2ccccc2)nn1-c1cccnc1. The van der Waals surface area contributed by atoms with Crippen LogP contribution in [0.5, 0.6) is 0 Å². The van der Waals surface area contributed by atoms with Crippen molar-refractivity contribution in [2.45, 2.75) is 0 Å². The summed E-state index contributed by atoms with van der Waals surface area (Å²) in [7, 11) is 0. The highest BCUT2D eigenvalue weighted by Crippen LogP contribution is 2.16. The van der Waals surface area contributed by atoms with Gasteiger partial charge in [-0.2, -0.15) is 9.67 Å². The van der Waals surface area contributed by atoms with Gasteiger partial charge in [0.1, 0.15) is 0 Å². The summed E-state index contributed by atoms with van der Waals surface area (Å²) in [6.07, 6.45) is 3.37. The largest absolute Gasteiger partial charge is 0.368 e. The number of hydrogen-bond acceptors (Lipinski definition) is 5. The van der Waals surface area contributed by atoms with Gasteiger partial charge in [-0.1, -0.05) is 18.2 Å². The molecular weight excluding hydrogens is 240 g/mol. The molecule has 1 aromatic carbocycles. The van der Waals surface area contributed by atoms with Gasteiger partial charge in [0.15, 0.2) is 0 Å². The van der Waals surface area contributed by atoms with Crippen LogP contribution in [0.15, 0.2) is 54.9 Å². The Morgan fingerprint density at radius 1 is 1.05 bits per heavy atom. The molecule has 6 nitrogen and oxygen atoms in total. The molecule has 0 saturated heterocycles. The Bertz CT molecular complexity index is 662. The molecule has 0 unspecified atom stereocenters. The van der Waals surface area contributed by atoms with Gasteiger partial charge in [-0.15, -0.1) is 5.10 Å². The number of para-hydroxylation sites is 1. The van der Waals surface area contributed by atoms with Crippen LogP contribution in [0.1, 0.15) is 0 Å². The number of pyridine rings is 1. The number of rotatable bonds is 3. The molecule has 0 bridgehead atoms. The number of hydrogen-bond donors (Lipinski definition) is 2. The molecule has 0 amide bonds. The summed E-state index contributed by atoms with van der Waals surface area (Å²) in [6, 6.07) is 13.4. The van der Waals surface area contributed by atoms with Gasteiger partial charge in [0, 0.05) is 11.9 Å². The Hall–Kier alpha value is -2.89. The minimum atomic E-state index is 0.312. The number of nitrogens with zero attached hydrogens (tertiary/aromatic N) is 4. The van der Waals surface area contributed by atoms with Crippen LogP contribution in [-0.4, -0.2) is 19.7 Å². The number of anilines is 3. The summed E-state index contributed by atoms with van der Waals surface area (Å²) in [5, 5.41) is 7.40. The molecular formula is C13H12N6. The highest BCUT2D eigenvalue weighted by Gasteiger charge is 2.08. The summed E-state index contributed by atoms with van der Waals surface area (Å²) in [4.78, 5) is 8.20. The zero-order valence-corrected chi connectivity index (χ0v) is 10.1. The quantitative estimate of drug-likeness (QED) is 0.745. The van der Waals surface area contributed by atoms with Crippen molar-refractivity contribution in [1.29, 1.82) is 0 Å². The monoisotopic (exact) mass is 252 g/mol. The summed E-state index contributed by atoms with van der Waals surface area (Å²) >= 11 is 0. The van der Waals surface area contributed by atoms with Gasteiger partial charge in [0.05, 0.1) is 11.9 Å². The lowest BCUT2D eigenvalue weighted by atomic mass is 10.3. The van der Waals surface area contributed by atoms with Crippen molar-refractivity contribution in [3.8, 4) is 5.69 Å². The third-order valence-corrected chi connectivity index (χ3v) is 2.55. The smallest absolute Gasteiger partial charge is 0.248 e. The molecule has 0 aliphatic rings. The fourth-order valence-electron chi connectivity index (χ4n) is 1.70. The average molecular weight is 252 g/mol. The molecule has 2 heterocycles. The first-order valence-corrected chi connectivity index (χ1v) is 5.78. The Morgan fingerprint density at radius 2 is 1.89 bits per heavy atom. The molecule has 3 rings (SSSR count). The van der Waals surface area contributed by atoms with Crippen molar-refractivity contribution in [2.75, 3.05) is 11.1 Å². The van der Waals surface area contributed by atoms with Crippen molar-refractivity contribution in [3.05, 3.63) is 54.9 Å². The minimum Gasteiger partial charge on any atom is -0.368 e. The van der Waals surface area contributed by atoms with E-state index < -0.39 is 0 Å². The van der Waals surface area contributed by atoms with E-state index in [4.69, 9.17) is 5.73 Å². The number of aromatic nitrogens is 4. The lowest BCUT2D eigenvalue weighted by Crippen LogP contribution is -2.02. The number of benzene rings is 1. The van der Waals surface area contributed by atoms with Crippen molar-refractivity contribution in [3.63, 3.8) is 0 Å². The minimum absolute atomic E-state index is 0.312. The molecule has 0 atom stereocenters. The lowest BCUT2D eigenvalue weighted by Gasteiger charge is -2.01. The number of nitrogens with two attached hydrogens (primary N) is 1. The summed E-state index contributed by atoms with van der Waals surface area (Å²) in [5.41, 5.74) is 7.53. The highest BCUT2D eigenvalue weighted by molar-refractivity contribution is 5.54. The zero-order chi connectivity index (χ0) is 13.1. The number of nitrogens with one attached hydrogen (secondary N) is 1. The summed E-state index contributed by atoms with van der Waals surface area (Å²) in [6.45, 7) is 0. The van der Waals surface area contributed by atoms with E-state index in [-0.39, 0.29) is 0 Å². The molecule has 2 aromatic heterocycles. The van der Waals surface area contributed by atoms with Gasteiger partial charge in [0.25, 0.3) is 0 Å². The first-order chi connectivity index (χ1) is 9.33. The average Bonchev–Trinajstić information content (AvgIpc) is 2.82. The van der Waals surface area contributed by atoms with Crippen LogP contribution in [0.25, 0.3) is 5.69 Å². The van der Waals surface area contributed by atoms with Gasteiger partial charge < -0.3 is 11.1 Å². The van der Waals surface area contributed by atoms with Crippen molar-refractivity contribution < 1.29 is 0 Å². The molecule has 0 spiro atoms. The van der Waals surface area contributed by atoms with E-state index in [0.29, 0.717) is 11.9 Å². The van der Waals surface area contributed by atoms with E-state index in [9.17, 15) is 0 Å². The second-order valence-electron chi connectivity index (χ2n) is 3.91. The standard InChI is InChI=1S/C13H12N6/c14-12-17-13(16-10-5-2-1-3-6-10)18-19(12)11-7-4-8-15-9-11/h1-9H,(H3,14,16,17,18). The Kier molecular flexibility index (Phi) is 2.82. The van der Waals surface area contributed by atoms with E-state index in [2.05, 4.69) is 20.4 Å². The molecule has 94 valence electrons. The predicted molar refractivity (Wildman–Crippen MR) is 73.3 cm³/mol. The van der Waals surface area contributed by atoms with Gasteiger partial charge in [0.2, 0.25) is 11.9 Å². The summed E-state index contributed by atoms with van der Waals surface area (Å²) < 4.78 is 1.54. The fraction of sp³-hybridized carbons (Fsp3) is 0. The van der Waals surface area contributed by atoms with Crippen LogP contribution in [0, 0.1) is 0 Å². The molecule has 0 fully saturated rings. The fourth-order valence-corrected chi connectivity index (χ4v) is 1.70. The predicted octanol–water partition coefficient (Wildman–Crippen LogP) is 1.99. The molecule has 6 heteroatoms. The van der Waals surface area contributed by atoms with Crippen molar-refractivity contribution in [1.82, 2.24) is 19.7 Å². The summed E-state index contributed by atoms with van der Waals surface area (Å²) in [5.74, 6) is 0.763. The molecule has 0 aliphatic carbocycles. The topological polar surface area (TPSA) is 81.6 Å². The van der Waals surface area contributed by atoms with Crippen LogP contribution in [-0.2, 0) is 0 Å².